The number of benzene rings is 12. The van der Waals surface area contributed by atoms with Crippen molar-refractivity contribution in [1.29, 1.82) is 0 Å². The molecular weight excluding hydrogens is 817 g/mol. The maximum atomic E-state index is 2.50. The van der Waals surface area contributed by atoms with Crippen LogP contribution in [0.3, 0.4) is 0 Å². The van der Waals surface area contributed by atoms with E-state index in [1.54, 1.807) is 0 Å². The second-order valence-corrected chi connectivity index (χ2v) is 19.4. The van der Waals surface area contributed by atoms with Gasteiger partial charge in [-0.3, -0.25) is 0 Å². The number of nitrogens with zero attached hydrogens (tertiary/aromatic N) is 2. The van der Waals surface area contributed by atoms with Crippen LogP contribution in [-0.2, 0) is 5.41 Å². The van der Waals surface area contributed by atoms with Gasteiger partial charge in [0.15, 0.2) is 0 Å². The Morgan fingerprint density at radius 2 is 0.864 bits per heavy atom. The zero-order chi connectivity index (χ0) is 43.7. The number of thiophene rings is 1. The topological polar surface area (TPSA) is 6.48 Å². The van der Waals surface area contributed by atoms with E-state index in [2.05, 4.69) is 242 Å². The highest BCUT2D eigenvalue weighted by Gasteiger charge is 2.35. The van der Waals surface area contributed by atoms with Crippen molar-refractivity contribution in [3.8, 4) is 11.1 Å². The molecule has 310 valence electrons. The normalized spacial score (nSPS) is 13.1. The molecule has 0 unspecified atom stereocenters. The number of para-hydroxylation sites is 2. The van der Waals surface area contributed by atoms with Gasteiger partial charge >= 0.3 is 0 Å². The standard InChI is InChI=1S/C63H42N2S/c1-63(2)52-25-12-17-40-27-28-43-37-46(38-53(63)60(43)59(40)52)64(44-18-8-4-9-19-44)54-35-31-41-30-34-51-55(36-32-42-29-33-50(54)57(41)58(42)51)65(45-20-10-5-11-21-45)56-26-14-24-49-48-23-13-22-47(61(48)66-62(49)56)39-15-6-3-7-16-39/h3-38H,1-2H3. The Morgan fingerprint density at radius 1 is 0.333 bits per heavy atom. The van der Waals surface area contributed by atoms with Gasteiger partial charge in [-0.2, -0.15) is 0 Å². The van der Waals surface area contributed by atoms with Gasteiger partial charge in [0.25, 0.3) is 0 Å². The third-order valence-electron chi connectivity index (χ3n) is 14.5. The fraction of sp³-hybridized carbons (Fsp3) is 0.0476. The lowest BCUT2D eigenvalue weighted by Gasteiger charge is -2.30. The van der Waals surface area contributed by atoms with Crippen LogP contribution >= 0.6 is 11.3 Å². The second-order valence-electron chi connectivity index (χ2n) is 18.4. The number of hydrogen-bond acceptors (Lipinski definition) is 3. The van der Waals surface area contributed by atoms with E-state index in [-0.39, 0.29) is 5.41 Å². The average Bonchev–Trinajstić information content (AvgIpc) is 3.87. The van der Waals surface area contributed by atoms with Gasteiger partial charge in [0, 0.05) is 48.7 Å². The first-order valence-corrected chi connectivity index (χ1v) is 23.7. The van der Waals surface area contributed by atoms with Crippen molar-refractivity contribution in [2.75, 3.05) is 9.80 Å². The highest BCUT2D eigenvalue weighted by molar-refractivity contribution is 7.27. The fourth-order valence-corrected chi connectivity index (χ4v) is 12.8. The Hall–Kier alpha value is -7.98. The molecule has 0 aliphatic heterocycles. The van der Waals surface area contributed by atoms with E-state index >= 15 is 0 Å². The molecule has 14 rings (SSSR count). The monoisotopic (exact) mass is 858 g/mol. The molecule has 1 heterocycles. The van der Waals surface area contributed by atoms with Crippen LogP contribution in [0.4, 0.5) is 34.1 Å². The molecule has 0 N–H and O–H groups in total. The molecule has 1 aliphatic rings. The third-order valence-corrected chi connectivity index (χ3v) is 15.8. The Labute approximate surface area is 387 Å². The summed E-state index contributed by atoms with van der Waals surface area (Å²) in [5.74, 6) is 0. The van der Waals surface area contributed by atoms with E-state index < -0.39 is 0 Å². The number of hydrogen-bond donors (Lipinski definition) is 0. The maximum absolute atomic E-state index is 2.50. The molecule has 0 amide bonds. The van der Waals surface area contributed by atoms with Crippen molar-refractivity contribution < 1.29 is 0 Å². The van der Waals surface area contributed by atoms with Gasteiger partial charge in [-0.15, -0.1) is 11.3 Å². The summed E-state index contributed by atoms with van der Waals surface area (Å²) in [6.07, 6.45) is 0. The molecule has 0 spiro atoms. The summed E-state index contributed by atoms with van der Waals surface area (Å²) < 4.78 is 2.59. The lowest BCUT2D eigenvalue weighted by molar-refractivity contribution is 0.663. The zero-order valence-corrected chi connectivity index (χ0v) is 37.4. The van der Waals surface area contributed by atoms with Crippen LogP contribution in [0.2, 0.25) is 0 Å². The summed E-state index contributed by atoms with van der Waals surface area (Å²) in [6.45, 7) is 4.78. The molecule has 13 aromatic rings. The summed E-state index contributed by atoms with van der Waals surface area (Å²) in [7, 11) is 0. The average molecular weight is 859 g/mol. The van der Waals surface area contributed by atoms with Crippen molar-refractivity contribution in [3.05, 3.63) is 230 Å². The Morgan fingerprint density at radius 3 is 1.56 bits per heavy atom. The highest BCUT2D eigenvalue weighted by Crippen LogP contribution is 2.54. The fourth-order valence-electron chi connectivity index (χ4n) is 11.5. The van der Waals surface area contributed by atoms with Crippen LogP contribution in [0.15, 0.2) is 218 Å². The molecule has 0 saturated carbocycles. The Balaban J connectivity index is 1.00. The summed E-state index contributed by atoms with van der Waals surface area (Å²) >= 11 is 1.90. The number of anilines is 6. The molecule has 0 atom stereocenters. The minimum absolute atomic E-state index is 0.131. The van der Waals surface area contributed by atoms with Gasteiger partial charge in [0.05, 0.1) is 21.8 Å². The van der Waals surface area contributed by atoms with Crippen molar-refractivity contribution in [2.45, 2.75) is 19.3 Å². The molecule has 1 aromatic heterocycles. The first-order valence-electron chi connectivity index (χ1n) is 22.9. The summed E-state index contributed by atoms with van der Waals surface area (Å²) in [4.78, 5) is 4.99. The first kappa shape index (κ1) is 37.4. The quantitative estimate of drug-likeness (QED) is 0.147. The van der Waals surface area contributed by atoms with Crippen LogP contribution in [0.1, 0.15) is 25.0 Å². The van der Waals surface area contributed by atoms with Crippen molar-refractivity contribution in [1.82, 2.24) is 0 Å². The predicted octanol–water partition coefficient (Wildman–Crippen LogP) is 18.5. The molecule has 3 heteroatoms. The van der Waals surface area contributed by atoms with E-state index in [1.807, 2.05) is 11.3 Å². The van der Waals surface area contributed by atoms with Gasteiger partial charge in [0.1, 0.15) is 0 Å². The van der Waals surface area contributed by atoms with Crippen LogP contribution in [0, 0.1) is 0 Å². The summed E-state index contributed by atoms with van der Waals surface area (Å²) in [6, 6.07) is 81.3. The molecule has 12 aromatic carbocycles. The van der Waals surface area contributed by atoms with Gasteiger partial charge in [-0.1, -0.05) is 178 Å². The third kappa shape index (κ3) is 5.29. The van der Waals surface area contributed by atoms with Gasteiger partial charge < -0.3 is 9.80 Å². The van der Waals surface area contributed by atoms with E-state index in [9.17, 15) is 0 Å². The van der Waals surface area contributed by atoms with E-state index in [4.69, 9.17) is 0 Å². The Bertz CT molecular complexity index is 4080. The minimum atomic E-state index is -0.131. The van der Waals surface area contributed by atoms with Crippen molar-refractivity contribution in [2.24, 2.45) is 0 Å². The molecule has 0 radical (unpaired) electrons. The van der Waals surface area contributed by atoms with Gasteiger partial charge in [0.2, 0.25) is 0 Å². The number of fused-ring (bicyclic) bond motifs is 3. The minimum Gasteiger partial charge on any atom is -0.310 e. The van der Waals surface area contributed by atoms with Crippen LogP contribution in [0.5, 0.6) is 0 Å². The van der Waals surface area contributed by atoms with Gasteiger partial charge in [-0.25, -0.2) is 0 Å². The lowest BCUT2D eigenvalue weighted by atomic mass is 9.81. The van der Waals surface area contributed by atoms with E-state index in [1.165, 1.54) is 113 Å². The van der Waals surface area contributed by atoms with E-state index in [0.717, 1.165) is 17.1 Å². The smallest absolute Gasteiger partial charge is 0.0640 e. The molecular formula is C63H42N2S. The summed E-state index contributed by atoms with van der Waals surface area (Å²) in [5.41, 5.74) is 12.1. The van der Waals surface area contributed by atoms with E-state index in [0.29, 0.717) is 0 Å². The van der Waals surface area contributed by atoms with Gasteiger partial charge in [-0.05, 0) is 120 Å². The molecule has 1 aliphatic carbocycles. The molecule has 0 fully saturated rings. The van der Waals surface area contributed by atoms with Crippen molar-refractivity contribution in [3.63, 3.8) is 0 Å². The van der Waals surface area contributed by atoms with Crippen LogP contribution in [-0.4, -0.2) is 0 Å². The molecule has 66 heavy (non-hydrogen) atoms. The maximum Gasteiger partial charge on any atom is 0.0640 e. The number of rotatable bonds is 7. The molecule has 0 saturated heterocycles. The zero-order valence-electron chi connectivity index (χ0n) is 36.6. The largest absolute Gasteiger partial charge is 0.310 e. The first-order chi connectivity index (χ1) is 32.5. The molecule has 2 nitrogen and oxygen atoms in total. The molecule has 0 bridgehead atoms. The second kappa shape index (κ2) is 14.0. The van der Waals surface area contributed by atoms with Crippen molar-refractivity contribution >= 4 is 119 Å². The lowest BCUT2D eigenvalue weighted by Crippen LogP contribution is -2.17. The SMILES string of the molecule is CC1(C)c2cccc3ccc4cc(N(c5ccccc5)c5ccc6ccc7c(N(c8ccccc8)c8cccc9c8sc8c(-c%10ccccc%10)cccc89)ccc8ccc5c6c87)cc1c4c23. The predicted molar refractivity (Wildman–Crippen MR) is 285 cm³/mol. The highest BCUT2D eigenvalue weighted by atomic mass is 32.1. The summed E-state index contributed by atoms with van der Waals surface area (Å²) in [5, 5.41) is 15.4. The Kier molecular flexibility index (Phi) is 7.94. The van der Waals surface area contributed by atoms with Crippen LogP contribution < -0.4 is 9.80 Å². The van der Waals surface area contributed by atoms with Crippen LogP contribution in [0.25, 0.3) is 85.2 Å².